The van der Waals surface area contributed by atoms with Crippen LogP contribution in [0, 0.1) is 24.9 Å². The van der Waals surface area contributed by atoms with Crippen molar-refractivity contribution in [1.29, 1.82) is 0 Å². The molecule has 43 heavy (non-hydrogen) atoms. The number of fused-ring (bicyclic) bond motifs is 3. The number of aromatic nitrogens is 2. The van der Waals surface area contributed by atoms with Crippen molar-refractivity contribution in [3.63, 3.8) is 0 Å². The molecule has 1 radical (unpaired) electrons. The van der Waals surface area contributed by atoms with Crippen LogP contribution in [0.1, 0.15) is 30.9 Å². The van der Waals surface area contributed by atoms with Crippen molar-refractivity contribution >= 4 is 21.9 Å². The predicted molar refractivity (Wildman–Crippen MR) is 169 cm³/mol. The van der Waals surface area contributed by atoms with Gasteiger partial charge in [-0.15, -0.1) is 54.1 Å². The fourth-order valence-electron chi connectivity index (χ4n) is 4.98. The Morgan fingerprint density at radius 1 is 0.744 bits per heavy atom. The van der Waals surface area contributed by atoms with E-state index in [9.17, 15) is 4.39 Å². The zero-order valence-corrected chi connectivity index (χ0v) is 26.5. The maximum atomic E-state index is 14.7. The molecule has 0 aliphatic rings. The topological polar surface area (TPSA) is 38.9 Å². The van der Waals surface area contributed by atoms with Crippen molar-refractivity contribution in [2.75, 3.05) is 0 Å². The van der Waals surface area contributed by atoms with Gasteiger partial charge in [-0.1, -0.05) is 78.9 Å². The number of rotatable bonds is 4. The number of aryl methyl sites for hydroxylation is 1. The third-order valence-corrected chi connectivity index (χ3v) is 7.22. The first-order valence-corrected chi connectivity index (χ1v) is 14.0. The molecule has 5 heteroatoms. The molecule has 4 aromatic carbocycles. The normalized spacial score (nSPS) is 10.8. The van der Waals surface area contributed by atoms with Gasteiger partial charge in [-0.05, 0) is 53.6 Å². The minimum atomic E-state index is -0.299. The van der Waals surface area contributed by atoms with E-state index in [-0.39, 0.29) is 25.9 Å². The molecule has 0 N–H and O–H groups in total. The van der Waals surface area contributed by atoms with E-state index in [1.807, 2.05) is 92.0 Å². The molecule has 0 aliphatic carbocycles. The number of hydrogen-bond donors (Lipinski definition) is 0. The van der Waals surface area contributed by atoms with Crippen LogP contribution in [0.5, 0.6) is 0 Å². The molecule has 0 bridgehead atoms. The number of furan rings is 1. The second kappa shape index (κ2) is 13.2. The number of nitrogens with zero attached hydrogens (tertiary/aromatic N) is 2. The molecule has 0 amide bonds. The van der Waals surface area contributed by atoms with Gasteiger partial charge in [0.2, 0.25) is 0 Å². The molecule has 3 aromatic heterocycles. The zero-order chi connectivity index (χ0) is 29.1. The van der Waals surface area contributed by atoms with Crippen LogP contribution in [0.4, 0.5) is 4.39 Å². The average Bonchev–Trinajstić information content (AvgIpc) is 3.41. The van der Waals surface area contributed by atoms with Crippen LogP contribution < -0.4 is 0 Å². The van der Waals surface area contributed by atoms with Crippen molar-refractivity contribution in [2.24, 2.45) is 0 Å². The maximum Gasteiger partial charge on any atom is 0.134 e. The standard InChI is InChI=1S/C24H15FNO.C14H14N.Ir/c1-15-12-13-26-21(14-15)19-9-5-8-17-18-10-11-20(25)22(24(18)27-23(17)19)16-6-3-2-4-7-16;1-11(2)13-8-9-14(15-10-13)12-6-4-3-5-7-12;/h2-8,10-14H,1H3;3-6,8-11H,1-2H3;/q2*-1;. The van der Waals surface area contributed by atoms with Gasteiger partial charge in [-0.3, -0.25) is 0 Å². The van der Waals surface area contributed by atoms with Crippen LogP contribution in [-0.2, 0) is 20.1 Å². The zero-order valence-electron chi connectivity index (χ0n) is 24.1. The van der Waals surface area contributed by atoms with Gasteiger partial charge in [0.25, 0.3) is 0 Å². The molecule has 3 heterocycles. The fraction of sp³-hybridized carbons (Fsp3) is 0.105. The van der Waals surface area contributed by atoms with Gasteiger partial charge in [0.15, 0.2) is 0 Å². The Morgan fingerprint density at radius 2 is 1.53 bits per heavy atom. The van der Waals surface area contributed by atoms with Gasteiger partial charge in [-0.2, -0.15) is 0 Å². The van der Waals surface area contributed by atoms with Gasteiger partial charge in [-0.25, -0.2) is 4.39 Å². The van der Waals surface area contributed by atoms with E-state index in [0.717, 1.165) is 44.4 Å². The predicted octanol–water partition coefficient (Wildman–Crippen LogP) is 10.2. The van der Waals surface area contributed by atoms with Crippen LogP contribution in [0.15, 0.2) is 120 Å². The van der Waals surface area contributed by atoms with Gasteiger partial charge < -0.3 is 14.4 Å². The fourth-order valence-corrected chi connectivity index (χ4v) is 4.98. The third kappa shape index (κ3) is 6.34. The van der Waals surface area contributed by atoms with E-state index in [0.29, 0.717) is 22.6 Å². The number of halogens is 1. The van der Waals surface area contributed by atoms with Crippen molar-refractivity contribution < 1.29 is 28.9 Å². The van der Waals surface area contributed by atoms with Crippen LogP contribution >= 0.6 is 0 Å². The number of benzene rings is 4. The van der Waals surface area contributed by atoms with E-state index >= 15 is 0 Å². The molecular weight excluding hydrogens is 712 g/mol. The van der Waals surface area contributed by atoms with E-state index in [2.05, 4.69) is 48.1 Å². The van der Waals surface area contributed by atoms with E-state index in [1.54, 1.807) is 12.3 Å². The molecule has 0 fully saturated rings. The quantitative estimate of drug-likeness (QED) is 0.169. The molecule has 0 spiro atoms. The first-order valence-electron chi connectivity index (χ1n) is 14.0. The summed E-state index contributed by atoms with van der Waals surface area (Å²) in [5.74, 6) is 0.235. The monoisotopic (exact) mass is 741 g/mol. The molecular formula is C38H29FIrN2O-2. The summed E-state index contributed by atoms with van der Waals surface area (Å²) < 4.78 is 21.0. The average molecular weight is 741 g/mol. The summed E-state index contributed by atoms with van der Waals surface area (Å²) in [7, 11) is 0. The van der Waals surface area contributed by atoms with Gasteiger partial charge in [0.1, 0.15) is 11.4 Å². The second-order valence-electron chi connectivity index (χ2n) is 10.5. The summed E-state index contributed by atoms with van der Waals surface area (Å²) in [4.78, 5) is 8.90. The Morgan fingerprint density at radius 3 is 2.23 bits per heavy atom. The van der Waals surface area contributed by atoms with E-state index in [4.69, 9.17) is 4.42 Å². The van der Waals surface area contributed by atoms with Crippen molar-refractivity contribution in [3.05, 3.63) is 145 Å². The summed E-state index contributed by atoms with van der Waals surface area (Å²) in [5.41, 5.74) is 8.48. The molecule has 0 saturated heterocycles. The van der Waals surface area contributed by atoms with Gasteiger partial charge in [0, 0.05) is 37.9 Å². The number of pyridine rings is 2. The Balaban J connectivity index is 0.000000197. The van der Waals surface area contributed by atoms with E-state index < -0.39 is 0 Å². The minimum Gasteiger partial charge on any atom is -0.500 e. The summed E-state index contributed by atoms with van der Waals surface area (Å²) in [6.45, 7) is 6.36. The molecule has 7 aromatic rings. The Bertz CT molecular complexity index is 1970. The van der Waals surface area contributed by atoms with Crippen LogP contribution in [0.3, 0.4) is 0 Å². The SMILES string of the molecule is CC(C)c1ccc(-c2[c-]cccc2)nc1.Cc1ccnc(-c2[c-]ccc3c2oc2c(-c4ccccc4)c(F)ccc23)c1.[Ir]. The second-order valence-corrected chi connectivity index (χ2v) is 10.5. The molecule has 0 aliphatic heterocycles. The van der Waals surface area contributed by atoms with Gasteiger partial charge >= 0.3 is 0 Å². The summed E-state index contributed by atoms with van der Waals surface area (Å²) in [6, 6.07) is 39.0. The molecule has 0 atom stereocenters. The first-order chi connectivity index (χ1) is 20.5. The number of hydrogen-bond acceptors (Lipinski definition) is 3. The molecule has 3 nitrogen and oxygen atoms in total. The van der Waals surface area contributed by atoms with Crippen LogP contribution in [0.2, 0.25) is 0 Å². The van der Waals surface area contributed by atoms with Crippen LogP contribution in [0.25, 0.3) is 55.6 Å². The summed E-state index contributed by atoms with van der Waals surface area (Å²) >= 11 is 0. The maximum absolute atomic E-state index is 14.7. The first kappa shape index (κ1) is 30.0. The summed E-state index contributed by atoms with van der Waals surface area (Å²) in [5, 5.41) is 1.81. The van der Waals surface area contributed by atoms with Gasteiger partial charge in [0.05, 0.1) is 11.1 Å². The molecule has 7 rings (SSSR count). The Labute approximate surface area is 264 Å². The summed E-state index contributed by atoms with van der Waals surface area (Å²) in [6.07, 6.45) is 3.72. The smallest absolute Gasteiger partial charge is 0.134 e. The molecule has 0 unspecified atom stereocenters. The van der Waals surface area contributed by atoms with Crippen molar-refractivity contribution in [2.45, 2.75) is 26.7 Å². The van der Waals surface area contributed by atoms with Crippen molar-refractivity contribution in [3.8, 4) is 33.6 Å². The Hall–Kier alpha value is -4.44. The van der Waals surface area contributed by atoms with Crippen LogP contribution in [-0.4, -0.2) is 9.97 Å². The largest absolute Gasteiger partial charge is 0.500 e. The molecule has 0 saturated carbocycles. The van der Waals surface area contributed by atoms with E-state index in [1.165, 1.54) is 11.6 Å². The minimum absolute atomic E-state index is 0. The third-order valence-electron chi connectivity index (χ3n) is 7.22. The molecule has 215 valence electrons. The van der Waals surface area contributed by atoms with Crippen molar-refractivity contribution in [1.82, 2.24) is 9.97 Å². The Kier molecular flexibility index (Phi) is 9.25.